The zero-order valence-electron chi connectivity index (χ0n) is 14.8. The van der Waals surface area contributed by atoms with E-state index in [1.54, 1.807) is 7.11 Å². The molecule has 1 heterocycles. The number of methoxy groups -OCH3 is 1. The van der Waals surface area contributed by atoms with Crippen LogP contribution in [0.1, 0.15) is 23.6 Å². The number of nitrogens with zero attached hydrogens (tertiary/aromatic N) is 2. The molecule has 27 heavy (non-hydrogen) atoms. The number of hydrogen-bond donors (Lipinski definition) is 0. The highest BCUT2D eigenvalue weighted by Gasteiger charge is 2.31. The van der Waals surface area contributed by atoms with Gasteiger partial charge >= 0.3 is 0 Å². The summed E-state index contributed by atoms with van der Waals surface area (Å²) in [5.74, 6) is 0.849. The Labute approximate surface area is 168 Å². The number of benzene rings is 3. The van der Waals surface area contributed by atoms with Crippen LogP contribution in [-0.4, -0.2) is 12.8 Å². The molecule has 4 rings (SSSR count). The van der Waals surface area contributed by atoms with Gasteiger partial charge in [-0.1, -0.05) is 59.6 Å². The van der Waals surface area contributed by atoms with Crippen molar-refractivity contribution < 1.29 is 4.74 Å². The second-order valence-electron chi connectivity index (χ2n) is 6.34. The van der Waals surface area contributed by atoms with E-state index in [1.165, 1.54) is 0 Å². The van der Waals surface area contributed by atoms with Crippen LogP contribution < -0.4 is 9.75 Å². The molecule has 0 N–H and O–H groups in total. The predicted molar refractivity (Wildman–Crippen MR) is 112 cm³/mol. The maximum atomic E-state index is 6.23. The van der Waals surface area contributed by atoms with Crippen molar-refractivity contribution in [1.29, 1.82) is 0 Å². The van der Waals surface area contributed by atoms with Crippen LogP contribution in [0.4, 0.5) is 5.69 Å². The van der Waals surface area contributed by atoms with Crippen LogP contribution >= 0.6 is 23.2 Å². The standard InChI is InChI=1S/C22H18Cl2N2O/c1-27-22-8-3-2-7-19(22)21-14-20(15-9-11-16(23)12-10-15)25-26(21)18-6-4-5-17(24)13-18/h2-13,21H,14H2,1H3. The van der Waals surface area contributed by atoms with Gasteiger partial charge in [0.25, 0.3) is 0 Å². The van der Waals surface area contributed by atoms with Crippen LogP contribution in [0.5, 0.6) is 5.75 Å². The lowest BCUT2D eigenvalue weighted by Gasteiger charge is -2.25. The van der Waals surface area contributed by atoms with Crippen LogP contribution in [0.15, 0.2) is 77.9 Å². The van der Waals surface area contributed by atoms with Crippen LogP contribution in [-0.2, 0) is 0 Å². The van der Waals surface area contributed by atoms with E-state index in [2.05, 4.69) is 6.07 Å². The first-order chi connectivity index (χ1) is 13.2. The van der Waals surface area contributed by atoms with Crippen molar-refractivity contribution >= 4 is 34.6 Å². The molecular formula is C22H18Cl2N2O. The number of ether oxygens (including phenoxy) is 1. The van der Waals surface area contributed by atoms with Crippen LogP contribution in [0, 0.1) is 0 Å². The third-order valence-electron chi connectivity index (χ3n) is 4.66. The molecule has 0 bridgehead atoms. The van der Waals surface area contributed by atoms with E-state index in [-0.39, 0.29) is 6.04 Å². The third kappa shape index (κ3) is 3.66. The second-order valence-corrected chi connectivity index (χ2v) is 7.21. The van der Waals surface area contributed by atoms with Gasteiger partial charge in [-0.2, -0.15) is 5.10 Å². The summed E-state index contributed by atoms with van der Waals surface area (Å²) in [5.41, 5.74) is 4.10. The molecule has 1 unspecified atom stereocenters. The lowest BCUT2D eigenvalue weighted by atomic mass is 9.97. The summed E-state index contributed by atoms with van der Waals surface area (Å²) >= 11 is 12.3. The summed E-state index contributed by atoms with van der Waals surface area (Å²) in [7, 11) is 1.69. The highest BCUT2D eigenvalue weighted by Crippen LogP contribution is 2.40. The average molecular weight is 397 g/mol. The van der Waals surface area contributed by atoms with Gasteiger partial charge in [-0.25, -0.2) is 0 Å². The quantitative estimate of drug-likeness (QED) is 0.512. The smallest absolute Gasteiger partial charge is 0.124 e. The summed E-state index contributed by atoms with van der Waals surface area (Å²) in [4.78, 5) is 0. The van der Waals surface area contributed by atoms with Gasteiger partial charge in [-0.3, -0.25) is 5.01 Å². The fraction of sp³-hybridized carbons (Fsp3) is 0.136. The molecule has 1 atom stereocenters. The third-order valence-corrected chi connectivity index (χ3v) is 5.15. The number of hydrazone groups is 1. The average Bonchev–Trinajstić information content (AvgIpc) is 3.14. The van der Waals surface area contributed by atoms with Crippen molar-refractivity contribution in [3.63, 3.8) is 0 Å². The minimum Gasteiger partial charge on any atom is -0.496 e. The topological polar surface area (TPSA) is 24.8 Å². The van der Waals surface area contributed by atoms with Crippen molar-refractivity contribution in [2.24, 2.45) is 5.10 Å². The fourth-order valence-electron chi connectivity index (χ4n) is 3.37. The molecular weight excluding hydrogens is 379 g/mol. The summed E-state index contributed by atoms with van der Waals surface area (Å²) in [6.07, 6.45) is 0.758. The van der Waals surface area contributed by atoms with E-state index in [0.29, 0.717) is 10.0 Å². The molecule has 1 aliphatic heterocycles. The first-order valence-corrected chi connectivity index (χ1v) is 9.42. The highest BCUT2D eigenvalue weighted by atomic mass is 35.5. The Morgan fingerprint density at radius 2 is 1.70 bits per heavy atom. The Bertz CT molecular complexity index is 986. The van der Waals surface area contributed by atoms with Gasteiger partial charge in [-0.05, 0) is 42.0 Å². The highest BCUT2D eigenvalue weighted by molar-refractivity contribution is 6.31. The molecule has 0 amide bonds. The Kier molecular flexibility index (Phi) is 5.06. The second kappa shape index (κ2) is 7.63. The molecule has 0 spiro atoms. The molecule has 1 aliphatic rings. The van der Waals surface area contributed by atoms with Gasteiger partial charge in [0, 0.05) is 22.0 Å². The summed E-state index contributed by atoms with van der Waals surface area (Å²) in [5, 5.41) is 8.34. The van der Waals surface area contributed by atoms with E-state index < -0.39 is 0 Å². The van der Waals surface area contributed by atoms with Crippen molar-refractivity contribution in [2.75, 3.05) is 12.1 Å². The van der Waals surface area contributed by atoms with Gasteiger partial charge < -0.3 is 4.74 Å². The minimum absolute atomic E-state index is 0.0188. The SMILES string of the molecule is COc1ccccc1C1CC(c2ccc(Cl)cc2)=NN1c1cccc(Cl)c1. The largest absolute Gasteiger partial charge is 0.496 e. The molecule has 0 saturated carbocycles. The van der Waals surface area contributed by atoms with E-state index >= 15 is 0 Å². The predicted octanol–water partition coefficient (Wildman–Crippen LogP) is 6.36. The summed E-state index contributed by atoms with van der Waals surface area (Å²) in [6.45, 7) is 0. The van der Waals surface area contributed by atoms with Crippen molar-refractivity contribution in [2.45, 2.75) is 12.5 Å². The Morgan fingerprint density at radius 1 is 0.926 bits per heavy atom. The van der Waals surface area contributed by atoms with Crippen LogP contribution in [0.25, 0.3) is 0 Å². The molecule has 0 fully saturated rings. The minimum atomic E-state index is 0.0188. The monoisotopic (exact) mass is 396 g/mol. The Balaban J connectivity index is 1.79. The zero-order chi connectivity index (χ0) is 18.8. The van der Waals surface area contributed by atoms with Gasteiger partial charge in [0.15, 0.2) is 0 Å². The van der Waals surface area contributed by atoms with Crippen molar-refractivity contribution in [3.05, 3.63) is 94.0 Å². The van der Waals surface area contributed by atoms with Crippen LogP contribution in [0.3, 0.4) is 0 Å². The molecule has 5 heteroatoms. The van der Waals surface area contributed by atoms with E-state index in [1.807, 2.05) is 71.7 Å². The summed E-state index contributed by atoms with van der Waals surface area (Å²) in [6, 6.07) is 23.6. The van der Waals surface area contributed by atoms with Gasteiger partial charge in [-0.15, -0.1) is 0 Å². The van der Waals surface area contributed by atoms with Crippen molar-refractivity contribution in [1.82, 2.24) is 0 Å². The number of anilines is 1. The maximum absolute atomic E-state index is 6.23. The first-order valence-electron chi connectivity index (χ1n) is 8.67. The maximum Gasteiger partial charge on any atom is 0.124 e. The molecule has 0 aromatic heterocycles. The molecule has 0 saturated heterocycles. The molecule has 3 nitrogen and oxygen atoms in total. The Morgan fingerprint density at radius 3 is 2.44 bits per heavy atom. The van der Waals surface area contributed by atoms with E-state index in [4.69, 9.17) is 33.0 Å². The fourth-order valence-corrected chi connectivity index (χ4v) is 3.68. The Hall–Kier alpha value is -2.49. The molecule has 0 aliphatic carbocycles. The van der Waals surface area contributed by atoms with E-state index in [9.17, 15) is 0 Å². The normalized spacial score (nSPS) is 16.3. The zero-order valence-corrected chi connectivity index (χ0v) is 16.3. The molecule has 3 aromatic rings. The number of halogens is 2. The van der Waals surface area contributed by atoms with E-state index in [0.717, 1.165) is 34.7 Å². The molecule has 136 valence electrons. The number of para-hydroxylation sites is 1. The summed E-state index contributed by atoms with van der Waals surface area (Å²) < 4.78 is 5.60. The lowest BCUT2D eigenvalue weighted by molar-refractivity contribution is 0.405. The molecule has 3 aromatic carbocycles. The molecule has 0 radical (unpaired) electrons. The van der Waals surface area contributed by atoms with Crippen molar-refractivity contribution in [3.8, 4) is 5.75 Å². The van der Waals surface area contributed by atoms with Crippen LogP contribution in [0.2, 0.25) is 10.0 Å². The number of hydrogen-bond acceptors (Lipinski definition) is 3. The van der Waals surface area contributed by atoms with Gasteiger partial charge in [0.05, 0.1) is 24.6 Å². The lowest BCUT2D eigenvalue weighted by Crippen LogP contribution is -2.19. The van der Waals surface area contributed by atoms with Gasteiger partial charge in [0.2, 0.25) is 0 Å². The number of rotatable bonds is 4. The first kappa shape index (κ1) is 17.9. The van der Waals surface area contributed by atoms with Gasteiger partial charge in [0.1, 0.15) is 5.75 Å².